The third-order valence-electron chi connectivity index (χ3n) is 2.11. The van der Waals surface area contributed by atoms with Gasteiger partial charge in [0.15, 0.2) is 5.13 Å². The van der Waals surface area contributed by atoms with E-state index in [1.54, 1.807) is 0 Å². The molecule has 0 aliphatic heterocycles. The molecular weight excluding hydrogens is 246 g/mol. The normalized spacial score (nSPS) is 9.69. The second-order valence-corrected chi connectivity index (χ2v) is 4.62. The molecule has 0 fully saturated rings. The molecule has 0 unspecified atom stereocenters. The molecule has 0 radical (unpaired) electrons. The van der Waals surface area contributed by atoms with Crippen molar-refractivity contribution < 1.29 is 4.79 Å². The van der Waals surface area contributed by atoms with E-state index in [0.29, 0.717) is 11.6 Å². The lowest BCUT2D eigenvalue weighted by atomic mass is 10.3. The molecule has 1 rings (SSSR count). The molecule has 1 amide bonds. The molecule has 92 valence electrons. The average molecular weight is 264 g/mol. The maximum atomic E-state index is 11.4. The maximum Gasteiger partial charge on any atom is 0.226 e. The number of carbonyl (C=O) groups is 1. The van der Waals surface area contributed by atoms with E-state index >= 15 is 0 Å². The number of carbonyl (C=O) groups excluding carboxylic acids is 1. The monoisotopic (exact) mass is 263 g/mol. The Balaban J connectivity index is 0.00000225. The first-order valence-corrected chi connectivity index (χ1v) is 5.83. The quantitative estimate of drug-likeness (QED) is 0.800. The predicted molar refractivity (Wildman–Crippen MR) is 70.6 cm³/mol. The zero-order valence-electron chi connectivity index (χ0n) is 9.79. The van der Waals surface area contributed by atoms with Crippen LogP contribution in [0.5, 0.6) is 0 Å². The van der Waals surface area contributed by atoms with Gasteiger partial charge in [0.1, 0.15) is 0 Å². The van der Waals surface area contributed by atoms with Crippen molar-refractivity contribution in [3.8, 4) is 0 Å². The van der Waals surface area contributed by atoms with Gasteiger partial charge in [-0.1, -0.05) is 0 Å². The van der Waals surface area contributed by atoms with Gasteiger partial charge in [-0.25, -0.2) is 4.98 Å². The highest BCUT2D eigenvalue weighted by Gasteiger charge is 2.06. The Kier molecular flexibility index (Phi) is 7.29. The molecule has 0 spiro atoms. The number of halogens is 1. The lowest BCUT2D eigenvalue weighted by Gasteiger charge is -2.00. The van der Waals surface area contributed by atoms with Gasteiger partial charge >= 0.3 is 0 Å². The summed E-state index contributed by atoms with van der Waals surface area (Å²) < 4.78 is 0. The fourth-order valence-electron chi connectivity index (χ4n) is 1.13. The van der Waals surface area contributed by atoms with Gasteiger partial charge in [-0.2, -0.15) is 0 Å². The van der Waals surface area contributed by atoms with Crippen molar-refractivity contribution in [3.05, 3.63) is 10.6 Å². The van der Waals surface area contributed by atoms with Gasteiger partial charge < -0.3 is 10.6 Å². The molecule has 0 aliphatic rings. The molecule has 1 aromatic rings. The maximum absolute atomic E-state index is 11.4. The second-order valence-electron chi connectivity index (χ2n) is 3.42. The summed E-state index contributed by atoms with van der Waals surface area (Å²) in [5.74, 6) is 0.0407. The number of nitrogens with one attached hydrogen (secondary N) is 2. The Morgan fingerprint density at radius 1 is 1.44 bits per heavy atom. The number of aryl methyl sites for hydroxylation is 2. The first kappa shape index (κ1) is 15.3. The van der Waals surface area contributed by atoms with E-state index in [2.05, 4.69) is 15.6 Å². The molecule has 0 aliphatic carbocycles. The molecule has 0 saturated heterocycles. The molecule has 0 atom stereocenters. The van der Waals surface area contributed by atoms with Gasteiger partial charge in [-0.3, -0.25) is 4.79 Å². The van der Waals surface area contributed by atoms with Crippen LogP contribution < -0.4 is 10.6 Å². The van der Waals surface area contributed by atoms with Crippen LogP contribution in [0.1, 0.15) is 23.4 Å². The first-order chi connectivity index (χ1) is 7.13. The minimum absolute atomic E-state index is 0. The van der Waals surface area contributed by atoms with Crippen LogP contribution >= 0.6 is 23.7 Å². The van der Waals surface area contributed by atoms with E-state index in [0.717, 1.165) is 23.5 Å². The second kappa shape index (κ2) is 7.60. The van der Waals surface area contributed by atoms with Gasteiger partial charge in [0.05, 0.1) is 5.69 Å². The zero-order valence-corrected chi connectivity index (χ0v) is 11.4. The summed E-state index contributed by atoms with van der Waals surface area (Å²) in [4.78, 5) is 16.8. The van der Waals surface area contributed by atoms with Crippen molar-refractivity contribution >= 4 is 34.8 Å². The molecule has 4 nitrogen and oxygen atoms in total. The van der Waals surface area contributed by atoms with Crippen molar-refractivity contribution in [2.75, 3.05) is 18.9 Å². The third kappa shape index (κ3) is 4.92. The summed E-state index contributed by atoms with van der Waals surface area (Å²) in [6.07, 6.45) is 1.39. The highest BCUT2D eigenvalue weighted by atomic mass is 35.5. The highest BCUT2D eigenvalue weighted by molar-refractivity contribution is 7.15. The molecule has 6 heteroatoms. The Morgan fingerprint density at radius 3 is 2.62 bits per heavy atom. The van der Waals surface area contributed by atoms with Crippen LogP contribution in [-0.4, -0.2) is 24.5 Å². The third-order valence-corrected chi connectivity index (χ3v) is 3.09. The topological polar surface area (TPSA) is 54.0 Å². The number of rotatable bonds is 5. The van der Waals surface area contributed by atoms with Gasteiger partial charge in [-0.05, 0) is 33.9 Å². The fourth-order valence-corrected chi connectivity index (χ4v) is 1.96. The summed E-state index contributed by atoms with van der Waals surface area (Å²) in [6.45, 7) is 4.81. The fraction of sp³-hybridized carbons (Fsp3) is 0.600. The van der Waals surface area contributed by atoms with Gasteiger partial charge in [0.25, 0.3) is 0 Å². The van der Waals surface area contributed by atoms with Crippen LogP contribution in [0.3, 0.4) is 0 Å². The number of hydrogen-bond acceptors (Lipinski definition) is 4. The molecule has 1 heterocycles. The number of amides is 1. The predicted octanol–water partition coefficient (Wildman–Crippen LogP) is 2.12. The van der Waals surface area contributed by atoms with E-state index in [1.165, 1.54) is 11.3 Å². The SMILES string of the molecule is CNCCCC(=O)Nc1nc(C)c(C)s1.Cl. The van der Waals surface area contributed by atoms with Crippen molar-refractivity contribution in [1.82, 2.24) is 10.3 Å². The number of anilines is 1. The van der Waals surface area contributed by atoms with E-state index in [1.807, 2.05) is 20.9 Å². The highest BCUT2D eigenvalue weighted by Crippen LogP contribution is 2.21. The molecule has 16 heavy (non-hydrogen) atoms. The van der Waals surface area contributed by atoms with Crippen LogP contribution in [0.15, 0.2) is 0 Å². The lowest BCUT2D eigenvalue weighted by molar-refractivity contribution is -0.116. The number of nitrogens with zero attached hydrogens (tertiary/aromatic N) is 1. The van der Waals surface area contributed by atoms with Gasteiger partial charge in [0, 0.05) is 11.3 Å². The van der Waals surface area contributed by atoms with Gasteiger partial charge in [0.2, 0.25) is 5.91 Å². The van der Waals surface area contributed by atoms with Crippen molar-refractivity contribution in [2.24, 2.45) is 0 Å². The molecule has 0 bridgehead atoms. The smallest absolute Gasteiger partial charge is 0.226 e. The lowest BCUT2D eigenvalue weighted by Crippen LogP contribution is -2.15. The molecular formula is C10H18ClN3OS. The summed E-state index contributed by atoms with van der Waals surface area (Å²) >= 11 is 1.52. The van der Waals surface area contributed by atoms with E-state index in [-0.39, 0.29) is 18.3 Å². The van der Waals surface area contributed by atoms with Gasteiger partial charge in [-0.15, -0.1) is 23.7 Å². The molecule has 0 saturated carbocycles. The van der Waals surface area contributed by atoms with Crippen molar-refractivity contribution in [1.29, 1.82) is 0 Å². The zero-order chi connectivity index (χ0) is 11.3. The van der Waals surface area contributed by atoms with E-state index in [9.17, 15) is 4.79 Å². The van der Waals surface area contributed by atoms with Crippen LogP contribution in [-0.2, 0) is 4.79 Å². The van der Waals surface area contributed by atoms with Crippen LogP contribution in [0, 0.1) is 13.8 Å². The first-order valence-electron chi connectivity index (χ1n) is 5.02. The minimum atomic E-state index is 0. The Morgan fingerprint density at radius 2 is 2.12 bits per heavy atom. The van der Waals surface area contributed by atoms with Crippen LogP contribution in [0.4, 0.5) is 5.13 Å². The summed E-state index contributed by atoms with van der Waals surface area (Å²) in [7, 11) is 1.88. The summed E-state index contributed by atoms with van der Waals surface area (Å²) in [5, 5.41) is 6.52. The van der Waals surface area contributed by atoms with Crippen LogP contribution in [0.25, 0.3) is 0 Å². The number of hydrogen-bond donors (Lipinski definition) is 2. The number of aromatic nitrogens is 1. The summed E-state index contributed by atoms with van der Waals surface area (Å²) in [5.41, 5.74) is 0.991. The van der Waals surface area contributed by atoms with Crippen molar-refractivity contribution in [3.63, 3.8) is 0 Å². The van der Waals surface area contributed by atoms with E-state index < -0.39 is 0 Å². The Labute approximate surface area is 106 Å². The average Bonchev–Trinajstić information content (AvgIpc) is 2.46. The Hall–Kier alpha value is -0.650. The van der Waals surface area contributed by atoms with Crippen molar-refractivity contribution in [2.45, 2.75) is 26.7 Å². The summed E-state index contributed by atoms with van der Waals surface area (Å²) in [6, 6.07) is 0. The number of thiazole rings is 1. The van der Waals surface area contributed by atoms with E-state index in [4.69, 9.17) is 0 Å². The standard InChI is InChI=1S/C10H17N3OS.ClH/c1-7-8(2)15-10(12-7)13-9(14)5-4-6-11-3;/h11H,4-6H2,1-3H3,(H,12,13,14);1H. The molecule has 2 N–H and O–H groups in total. The largest absolute Gasteiger partial charge is 0.320 e. The molecule has 1 aromatic heterocycles. The van der Waals surface area contributed by atoms with Crippen LogP contribution in [0.2, 0.25) is 0 Å². The Bertz CT molecular complexity index is 321. The molecule has 0 aromatic carbocycles. The minimum Gasteiger partial charge on any atom is -0.320 e.